The van der Waals surface area contributed by atoms with E-state index in [0.29, 0.717) is 0 Å². The third kappa shape index (κ3) is 6.75. The Balaban J connectivity index is 0.000000423. The number of benzene rings is 1. The molecule has 0 unspecified atom stereocenters. The van der Waals surface area contributed by atoms with Crippen LogP contribution in [0, 0.1) is 10.1 Å². The maximum Gasteiger partial charge on any atom is 0.269 e. The van der Waals surface area contributed by atoms with Crippen molar-refractivity contribution < 1.29 is 9.72 Å². The highest BCUT2D eigenvalue weighted by atomic mass is 35.7. The Morgan fingerprint density at radius 2 is 1.87 bits per heavy atom. The summed E-state index contributed by atoms with van der Waals surface area (Å²) in [6.45, 7) is 1.31. The highest BCUT2D eigenvalue weighted by molar-refractivity contribution is 8.21. The van der Waals surface area contributed by atoms with Gasteiger partial charge < -0.3 is 5.73 Å². The number of carbonyl (C=O) groups excluding carboxylic acids is 1. The first kappa shape index (κ1) is 13.7. The topological polar surface area (TPSA) is 86.2 Å². The number of halogens is 1. The van der Waals surface area contributed by atoms with Gasteiger partial charge in [0.25, 0.3) is 5.69 Å². The summed E-state index contributed by atoms with van der Waals surface area (Å²) in [5.74, 6) is -0.333. The van der Waals surface area contributed by atoms with Gasteiger partial charge in [-0.05, 0) is 33.8 Å². The zero-order valence-electron chi connectivity index (χ0n) is 7.84. The van der Waals surface area contributed by atoms with Gasteiger partial charge in [0.2, 0.25) is 5.91 Å². The number of nitro groups is 1. The van der Waals surface area contributed by atoms with Crippen molar-refractivity contribution in [3.05, 3.63) is 34.4 Å². The minimum Gasteiger partial charge on any atom is -0.370 e. The second-order valence-electron chi connectivity index (χ2n) is 2.44. The molecule has 2 N–H and O–H groups in total. The number of rotatable bonds is 2. The highest BCUT2D eigenvalue weighted by Gasteiger charge is 2.02. The van der Waals surface area contributed by atoms with E-state index in [1.54, 1.807) is 12.1 Å². The molecular weight excluding hydrogens is 240 g/mol. The van der Waals surface area contributed by atoms with Crippen molar-refractivity contribution in [1.29, 1.82) is 0 Å². The summed E-state index contributed by atoms with van der Waals surface area (Å²) in [7, 11) is 6.44. The zero-order chi connectivity index (χ0) is 11.8. The average Bonchev–Trinajstić information content (AvgIpc) is 2.17. The molecule has 1 aromatic rings. The van der Waals surface area contributed by atoms with Gasteiger partial charge in [-0.25, -0.2) is 0 Å². The molecule has 0 atom stereocenters. The molecule has 0 fully saturated rings. The lowest BCUT2D eigenvalue weighted by Crippen LogP contribution is -2.01. The van der Waals surface area contributed by atoms with Crippen LogP contribution in [-0.4, -0.2) is 10.8 Å². The zero-order valence-corrected chi connectivity index (χ0v) is 9.42. The SMILES string of the molecule is CC(N)=O.O=[N+]([O-])c1ccc(SCl)cc1. The van der Waals surface area contributed by atoms with E-state index in [1.165, 1.54) is 19.1 Å². The molecule has 5 nitrogen and oxygen atoms in total. The Bertz CT molecular complexity index is 338. The fraction of sp³-hybridized carbons (Fsp3) is 0.125. The molecule has 1 amide bonds. The van der Waals surface area contributed by atoms with Crippen LogP contribution >= 0.6 is 21.7 Å². The molecule has 0 spiro atoms. The molecule has 1 rings (SSSR count). The van der Waals surface area contributed by atoms with Crippen molar-refractivity contribution >= 4 is 33.3 Å². The normalized spacial score (nSPS) is 8.67. The Hall–Kier alpha value is -1.27. The summed E-state index contributed by atoms with van der Waals surface area (Å²) in [5.41, 5.74) is 4.56. The van der Waals surface area contributed by atoms with Gasteiger partial charge in [-0.3, -0.25) is 14.9 Å². The van der Waals surface area contributed by atoms with Crippen molar-refractivity contribution in [3.8, 4) is 0 Å². The van der Waals surface area contributed by atoms with Crippen LogP contribution in [0.4, 0.5) is 5.69 Å². The lowest BCUT2D eigenvalue weighted by molar-refractivity contribution is -0.384. The fourth-order valence-corrected chi connectivity index (χ4v) is 1.17. The summed E-state index contributed by atoms with van der Waals surface area (Å²) in [6.07, 6.45) is 0. The number of nitro benzene ring substituents is 1. The van der Waals surface area contributed by atoms with Gasteiger partial charge in [0.05, 0.1) is 4.92 Å². The summed E-state index contributed by atoms with van der Waals surface area (Å²) in [4.78, 5) is 19.7. The van der Waals surface area contributed by atoms with Gasteiger partial charge in [-0.2, -0.15) is 0 Å². The van der Waals surface area contributed by atoms with Crippen LogP contribution < -0.4 is 5.73 Å². The van der Waals surface area contributed by atoms with Gasteiger partial charge in [0.15, 0.2) is 0 Å². The number of carbonyl (C=O) groups is 1. The van der Waals surface area contributed by atoms with Crippen molar-refractivity contribution in [2.24, 2.45) is 5.73 Å². The third-order valence-electron chi connectivity index (χ3n) is 1.14. The lowest BCUT2D eigenvalue weighted by Gasteiger charge is -1.91. The van der Waals surface area contributed by atoms with E-state index in [1.807, 2.05) is 0 Å². The van der Waals surface area contributed by atoms with E-state index in [-0.39, 0.29) is 11.6 Å². The maximum absolute atomic E-state index is 10.2. The predicted octanol–water partition coefficient (Wildman–Crippen LogP) is 2.33. The molecule has 0 aliphatic rings. The molecule has 82 valence electrons. The van der Waals surface area contributed by atoms with Crippen LogP contribution in [0.2, 0.25) is 0 Å². The molecule has 0 heterocycles. The molecule has 0 saturated heterocycles. The summed E-state index contributed by atoms with van der Waals surface area (Å²) in [6, 6.07) is 6.06. The monoisotopic (exact) mass is 248 g/mol. The third-order valence-corrected chi connectivity index (χ3v) is 2.12. The van der Waals surface area contributed by atoms with E-state index in [2.05, 4.69) is 5.73 Å². The van der Waals surface area contributed by atoms with Crippen LogP contribution in [0.25, 0.3) is 0 Å². The predicted molar refractivity (Wildman–Crippen MR) is 59.7 cm³/mol. The number of amides is 1. The first-order valence-corrected chi connectivity index (χ1v) is 5.40. The fourth-order valence-electron chi connectivity index (χ4n) is 0.619. The molecule has 0 bridgehead atoms. The standard InChI is InChI=1S/C6H4ClNO2S.C2H5NO/c7-11-6-3-1-5(2-4-6)8(9)10;1-2(3)4/h1-4H;1H3,(H2,3,4). The van der Waals surface area contributed by atoms with Crippen LogP contribution in [0.5, 0.6) is 0 Å². The van der Waals surface area contributed by atoms with Crippen molar-refractivity contribution in [3.63, 3.8) is 0 Å². The quantitative estimate of drug-likeness (QED) is 0.643. The molecule has 0 aromatic heterocycles. The Labute approximate surface area is 95.3 Å². The summed E-state index contributed by atoms with van der Waals surface area (Å²) >= 11 is 0. The van der Waals surface area contributed by atoms with Crippen molar-refractivity contribution in [2.75, 3.05) is 0 Å². The second kappa shape index (κ2) is 7.08. The van der Waals surface area contributed by atoms with Gasteiger partial charge in [-0.15, -0.1) is 0 Å². The van der Waals surface area contributed by atoms with E-state index in [0.717, 1.165) is 15.9 Å². The molecule has 1 aromatic carbocycles. The van der Waals surface area contributed by atoms with Crippen molar-refractivity contribution in [2.45, 2.75) is 11.8 Å². The number of primary amides is 1. The number of hydrogen-bond donors (Lipinski definition) is 1. The lowest BCUT2D eigenvalue weighted by atomic mass is 10.3. The van der Waals surface area contributed by atoms with Crippen molar-refractivity contribution in [1.82, 2.24) is 0 Å². The van der Waals surface area contributed by atoms with Gasteiger partial charge in [0, 0.05) is 24.0 Å². The van der Waals surface area contributed by atoms with E-state index >= 15 is 0 Å². The van der Waals surface area contributed by atoms with Crippen LogP contribution in [0.15, 0.2) is 29.2 Å². The minimum absolute atomic E-state index is 0.0828. The molecule has 0 aliphatic heterocycles. The van der Waals surface area contributed by atoms with Crippen LogP contribution in [0.3, 0.4) is 0 Å². The molecule has 0 radical (unpaired) electrons. The number of non-ortho nitro benzene ring substituents is 1. The minimum atomic E-state index is -0.442. The van der Waals surface area contributed by atoms with E-state index in [4.69, 9.17) is 10.7 Å². The molecular formula is C8H9ClN2O3S. The number of nitrogens with two attached hydrogens (primary N) is 1. The highest BCUT2D eigenvalue weighted by Crippen LogP contribution is 2.23. The first-order chi connectivity index (χ1) is 6.97. The maximum atomic E-state index is 10.2. The Kier molecular flexibility index (Phi) is 6.48. The number of hydrogen-bond acceptors (Lipinski definition) is 4. The second-order valence-corrected chi connectivity index (χ2v) is 3.53. The molecule has 0 saturated carbocycles. The summed E-state index contributed by atoms with van der Waals surface area (Å²) < 4.78 is 0. The molecule has 15 heavy (non-hydrogen) atoms. The van der Waals surface area contributed by atoms with Crippen LogP contribution in [-0.2, 0) is 4.79 Å². The first-order valence-electron chi connectivity index (χ1n) is 3.76. The van der Waals surface area contributed by atoms with Crippen LogP contribution in [0.1, 0.15) is 6.92 Å². The smallest absolute Gasteiger partial charge is 0.269 e. The van der Waals surface area contributed by atoms with Gasteiger partial charge in [0.1, 0.15) is 0 Å². The van der Waals surface area contributed by atoms with E-state index in [9.17, 15) is 14.9 Å². The average molecular weight is 249 g/mol. The summed E-state index contributed by atoms with van der Waals surface area (Å²) in [5, 5.41) is 10.2. The largest absolute Gasteiger partial charge is 0.370 e. The Morgan fingerprint density at radius 3 is 2.13 bits per heavy atom. The van der Waals surface area contributed by atoms with Gasteiger partial charge in [-0.1, -0.05) is 0 Å². The van der Waals surface area contributed by atoms with Gasteiger partial charge >= 0.3 is 0 Å². The van der Waals surface area contributed by atoms with E-state index < -0.39 is 4.92 Å². The molecule has 7 heteroatoms. The Morgan fingerprint density at radius 1 is 1.47 bits per heavy atom. The number of nitrogens with zero attached hydrogens (tertiary/aromatic N) is 1. The molecule has 0 aliphatic carbocycles.